The van der Waals surface area contributed by atoms with Gasteiger partial charge >= 0.3 is 0 Å². The predicted octanol–water partition coefficient (Wildman–Crippen LogP) is 6.70. The van der Waals surface area contributed by atoms with E-state index in [0.29, 0.717) is 19.3 Å². The molecule has 0 aliphatic heterocycles. The second-order valence-corrected chi connectivity index (χ2v) is 12.4. The number of carbonyl (C=O) groups is 1. The molecule has 3 unspecified atom stereocenters. The molecule has 0 rings (SSSR count). The molecule has 7 nitrogen and oxygen atoms in total. The van der Waals surface area contributed by atoms with Gasteiger partial charge in [-0.1, -0.05) is 142 Å². The van der Waals surface area contributed by atoms with Gasteiger partial charge in [0.2, 0.25) is 5.91 Å². The summed E-state index contributed by atoms with van der Waals surface area (Å²) >= 11 is 0. The van der Waals surface area contributed by atoms with Crippen LogP contribution in [0.15, 0.2) is 0 Å². The number of hydrogen-bond acceptors (Lipinski definition) is 5. The topological polar surface area (TPSA) is 124 Å². The summed E-state index contributed by atoms with van der Waals surface area (Å²) in [5.41, 5.74) is 0. The highest BCUT2D eigenvalue weighted by Crippen LogP contribution is 2.15. The number of aliphatic hydroxyl groups excluding tert-OH is 2. The summed E-state index contributed by atoms with van der Waals surface area (Å²) in [6.45, 7) is 4.36. The molecule has 4 N–H and O–H groups in total. The summed E-state index contributed by atoms with van der Waals surface area (Å²) < 4.78 is 32.0. The Hall–Kier alpha value is -0.700. The number of carbonyl (C=O) groups excluding carboxylic acids is 1. The largest absolute Gasteiger partial charge is 0.391 e. The van der Waals surface area contributed by atoms with Crippen LogP contribution in [0.2, 0.25) is 0 Å². The maximum atomic E-state index is 12.4. The lowest BCUT2D eigenvalue weighted by atomic mass is 10.0. The van der Waals surface area contributed by atoms with Crippen molar-refractivity contribution in [2.45, 2.75) is 173 Å². The maximum absolute atomic E-state index is 12.4. The molecule has 0 aliphatic carbocycles. The number of unbranched alkanes of at least 4 members (excludes halogenated alkanes) is 18. The van der Waals surface area contributed by atoms with Crippen LogP contribution in [-0.2, 0) is 14.9 Å². The normalized spacial score (nSPS) is 14.4. The number of rotatable bonds is 27. The monoisotopic (exact) mass is 549 g/mol. The standard InChI is InChI=1S/C29H59NO6S/c1-3-5-7-9-10-11-12-13-14-15-16-17-18-20-22-24-28(32)29(33)30-26(25-37(34,35)36)27(31)23-21-19-8-6-4-2/h26-28,31-32H,3-25H2,1-2H3,(H,30,33)(H,34,35,36). The van der Waals surface area contributed by atoms with E-state index in [1.54, 1.807) is 0 Å². The maximum Gasteiger partial charge on any atom is 0.266 e. The minimum atomic E-state index is -4.38. The molecule has 0 saturated carbocycles. The van der Waals surface area contributed by atoms with E-state index in [1.165, 1.54) is 77.0 Å². The fourth-order valence-electron chi connectivity index (χ4n) is 4.75. The van der Waals surface area contributed by atoms with Crippen molar-refractivity contribution in [3.8, 4) is 0 Å². The van der Waals surface area contributed by atoms with Gasteiger partial charge in [0.25, 0.3) is 10.1 Å². The zero-order valence-corrected chi connectivity index (χ0v) is 24.8. The first-order valence-electron chi connectivity index (χ1n) is 15.3. The van der Waals surface area contributed by atoms with Crippen LogP contribution < -0.4 is 5.32 Å². The lowest BCUT2D eigenvalue weighted by Gasteiger charge is -2.24. The van der Waals surface area contributed by atoms with E-state index in [0.717, 1.165) is 44.9 Å². The molecule has 3 atom stereocenters. The van der Waals surface area contributed by atoms with Gasteiger partial charge in [0.1, 0.15) is 6.10 Å². The van der Waals surface area contributed by atoms with Crippen LogP contribution in [0, 0.1) is 0 Å². The Labute approximate surface area is 228 Å². The van der Waals surface area contributed by atoms with Gasteiger partial charge in [-0.2, -0.15) is 8.42 Å². The highest BCUT2D eigenvalue weighted by molar-refractivity contribution is 7.85. The van der Waals surface area contributed by atoms with Crippen LogP contribution in [0.1, 0.15) is 155 Å². The van der Waals surface area contributed by atoms with Crippen molar-refractivity contribution in [1.82, 2.24) is 5.32 Å². The number of hydrogen-bond donors (Lipinski definition) is 4. The third-order valence-electron chi connectivity index (χ3n) is 7.17. The third kappa shape index (κ3) is 24.1. The molecule has 222 valence electrons. The van der Waals surface area contributed by atoms with Crippen LogP contribution in [0.5, 0.6) is 0 Å². The van der Waals surface area contributed by atoms with Gasteiger partial charge in [-0.25, -0.2) is 0 Å². The highest BCUT2D eigenvalue weighted by atomic mass is 32.2. The second kappa shape index (κ2) is 24.3. The summed E-state index contributed by atoms with van der Waals surface area (Å²) in [5.74, 6) is -1.45. The summed E-state index contributed by atoms with van der Waals surface area (Å²) in [7, 11) is -4.38. The average molecular weight is 550 g/mol. The molecule has 0 radical (unpaired) electrons. The zero-order valence-electron chi connectivity index (χ0n) is 24.0. The highest BCUT2D eigenvalue weighted by Gasteiger charge is 2.28. The second-order valence-electron chi connectivity index (χ2n) is 10.9. The van der Waals surface area contributed by atoms with Crippen molar-refractivity contribution in [2.24, 2.45) is 0 Å². The van der Waals surface area contributed by atoms with E-state index >= 15 is 0 Å². The molecule has 0 aliphatic rings. The Kier molecular flexibility index (Phi) is 23.9. The van der Waals surface area contributed by atoms with E-state index < -0.39 is 40.0 Å². The lowest BCUT2D eigenvalue weighted by Crippen LogP contribution is -2.50. The van der Waals surface area contributed by atoms with E-state index in [9.17, 15) is 28.0 Å². The molecule has 0 aromatic heterocycles. The van der Waals surface area contributed by atoms with Gasteiger partial charge in [0.05, 0.1) is 17.9 Å². The van der Waals surface area contributed by atoms with Gasteiger partial charge in [-0.15, -0.1) is 0 Å². The quantitative estimate of drug-likeness (QED) is 0.0667. The van der Waals surface area contributed by atoms with Crippen LogP contribution in [-0.4, -0.2) is 53.1 Å². The van der Waals surface area contributed by atoms with E-state index in [2.05, 4.69) is 19.2 Å². The smallest absolute Gasteiger partial charge is 0.266 e. The fraction of sp³-hybridized carbons (Fsp3) is 0.966. The van der Waals surface area contributed by atoms with Crippen molar-refractivity contribution in [1.29, 1.82) is 0 Å². The zero-order chi connectivity index (χ0) is 27.8. The Morgan fingerprint density at radius 1 is 0.622 bits per heavy atom. The first kappa shape index (κ1) is 36.3. The first-order valence-corrected chi connectivity index (χ1v) is 16.9. The van der Waals surface area contributed by atoms with Crippen LogP contribution in [0.4, 0.5) is 0 Å². The minimum Gasteiger partial charge on any atom is -0.391 e. The Morgan fingerprint density at radius 3 is 1.35 bits per heavy atom. The molecule has 0 heterocycles. The number of aliphatic hydroxyl groups is 2. The van der Waals surface area contributed by atoms with Crippen molar-refractivity contribution in [3.63, 3.8) is 0 Å². The van der Waals surface area contributed by atoms with Crippen LogP contribution in [0.25, 0.3) is 0 Å². The fourth-order valence-corrected chi connectivity index (χ4v) is 5.51. The molecule has 1 amide bonds. The average Bonchev–Trinajstić information content (AvgIpc) is 2.84. The SMILES string of the molecule is CCCCCCCCCCCCCCCCCC(O)C(=O)NC(CS(=O)(=O)O)C(O)CCCCCCC. The van der Waals surface area contributed by atoms with Crippen LogP contribution >= 0.6 is 0 Å². The summed E-state index contributed by atoms with van der Waals surface area (Å²) in [6.07, 6.45) is 21.8. The lowest BCUT2D eigenvalue weighted by molar-refractivity contribution is -0.131. The third-order valence-corrected chi connectivity index (χ3v) is 7.95. The first-order chi connectivity index (χ1) is 17.7. The molecule has 0 aromatic rings. The minimum absolute atomic E-state index is 0.301. The Bertz CT molecular complexity index is 628. The van der Waals surface area contributed by atoms with Crippen molar-refractivity contribution in [2.75, 3.05) is 5.75 Å². The predicted molar refractivity (Wildman–Crippen MR) is 153 cm³/mol. The van der Waals surface area contributed by atoms with Gasteiger partial charge < -0.3 is 15.5 Å². The molecular formula is C29H59NO6S. The Balaban J connectivity index is 3.98. The molecule has 0 aromatic carbocycles. The van der Waals surface area contributed by atoms with Gasteiger partial charge in [0, 0.05) is 0 Å². The Morgan fingerprint density at radius 2 is 0.973 bits per heavy atom. The van der Waals surface area contributed by atoms with Crippen LogP contribution in [0.3, 0.4) is 0 Å². The van der Waals surface area contributed by atoms with Gasteiger partial charge in [-0.3, -0.25) is 9.35 Å². The van der Waals surface area contributed by atoms with E-state index in [1.807, 2.05) is 0 Å². The molecule has 0 bridgehead atoms. The molecule has 8 heteroatoms. The molecule has 37 heavy (non-hydrogen) atoms. The van der Waals surface area contributed by atoms with E-state index in [4.69, 9.17) is 0 Å². The number of nitrogens with one attached hydrogen (secondary N) is 1. The molecule has 0 spiro atoms. The molecular weight excluding hydrogens is 490 g/mol. The van der Waals surface area contributed by atoms with Gasteiger partial charge in [0.15, 0.2) is 0 Å². The van der Waals surface area contributed by atoms with E-state index in [-0.39, 0.29) is 0 Å². The summed E-state index contributed by atoms with van der Waals surface area (Å²) in [5, 5.41) is 23.1. The summed E-state index contributed by atoms with van der Waals surface area (Å²) in [4.78, 5) is 12.4. The van der Waals surface area contributed by atoms with Crippen molar-refractivity contribution < 1.29 is 28.0 Å². The van der Waals surface area contributed by atoms with Gasteiger partial charge in [-0.05, 0) is 12.8 Å². The van der Waals surface area contributed by atoms with Crippen molar-refractivity contribution >= 4 is 16.0 Å². The molecule has 0 saturated heterocycles. The van der Waals surface area contributed by atoms with Crippen molar-refractivity contribution in [3.05, 3.63) is 0 Å². The summed E-state index contributed by atoms with van der Waals surface area (Å²) in [6, 6.07) is -1.13. The molecule has 0 fully saturated rings. The number of amides is 1.